The van der Waals surface area contributed by atoms with Gasteiger partial charge in [0.1, 0.15) is 0 Å². The van der Waals surface area contributed by atoms with Crippen molar-refractivity contribution in [3.05, 3.63) is 21.9 Å². The maximum atomic E-state index is 5.79. The van der Waals surface area contributed by atoms with E-state index in [0.29, 0.717) is 17.4 Å². The number of nitrogens with one attached hydrogen (secondary N) is 1. The molecule has 3 N–H and O–H groups in total. The van der Waals surface area contributed by atoms with Crippen LogP contribution in [0.5, 0.6) is 0 Å². The van der Waals surface area contributed by atoms with Crippen LogP contribution in [0.3, 0.4) is 0 Å². The van der Waals surface area contributed by atoms with Gasteiger partial charge in [-0.05, 0) is 48.1 Å². The van der Waals surface area contributed by atoms with Gasteiger partial charge in [0.05, 0.1) is 6.04 Å². The lowest BCUT2D eigenvalue weighted by Gasteiger charge is -2.34. The van der Waals surface area contributed by atoms with Crippen molar-refractivity contribution in [1.29, 1.82) is 0 Å². The van der Waals surface area contributed by atoms with Gasteiger partial charge in [0.25, 0.3) is 0 Å². The van der Waals surface area contributed by atoms with E-state index >= 15 is 0 Å². The fourth-order valence-corrected chi connectivity index (χ4v) is 3.86. The highest BCUT2D eigenvalue weighted by atomic mass is 32.1. The summed E-state index contributed by atoms with van der Waals surface area (Å²) >= 11 is 1.81. The number of rotatable bonds is 3. The molecule has 1 aromatic rings. The van der Waals surface area contributed by atoms with Crippen molar-refractivity contribution in [1.82, 2.24) is 5.43 Å². The van der Waals surface area contributed by atoms with E-state index in [4.69, 9.17) is 5.84 Å². The van der Waals surface area contributed by atoms with Crippen molar-refractivity contribution in [3.63, 3.8) is 0 Å². The Labute approximate surface area is 102 Å². The molecule has 90 valence electrons. The van der Waals surface area contributed by atoms with E-state index in [1.54, 1.807) is 0 Å². The molecule has 0 bridgehead atoms. The second-order valence-corrected chi connectivity index (χ2v) is 6.68. The fraction of sp³-hybridized carbons (Fsp3) is 0.692. The number of hydrogen-bond acceptors (Lipinski definition) is 3. The Kier molecular flexibility index (Phi) is 3.38. The van der Waals surface area contributed by atoms with E-state index in [1.807, 2.05) is 11.3 Å². The van der Waals surface area contributed by atoms with Gasteiger partial charge in [-0.2, -0.15) is 0 Å². The Hall–Kier alpha value is -0.380. The van der Waals surface area contributed by atoms with Gasteiger partial charge < -0.3 is 0 Å². The Bertz CT molecular complexity index is 357. The lowest BCUT2D eigenvalue weighted by Crippen LogP contribution is -2.37. The molecule has 0 aromatic carbocycles. The summed E-state index contributed by atoms with van der Waals surface area (Å²) in [6.07, 6.45) is 3.94. The maximum absolute atomic E-state index is 5.79. The summed E-state index contributed by atoms with van der Waals surface area (Å²) < 4.78 is 0. The summed E-state index contributed by atoms with van der Waals surface area (Å²) in [7, 11) is 0. The van der Waals surface area contributed by atoms with Crippen LogP contribution in [-0.4, -0.2) is 0 Å². The zero-order valence-corrected chi connectivity index (χ0v) is 11.2. The van der Waals surface area contributed by atoms with Gasteiger partial charge in [0.2, 0.25) is 0 Å². The monoisotopic (exact) mass is 238 g/mol. The molecule has 0 spiro atoms. The van der Waals surface area contributed by atoms with Gasteiger partial charge in [0, 0.05) is 4.88 Å². The molecule has 16 heavy (non-hydrogen) atoms. The minimum absolute atomic E-state index is 0.323. The molecule has 0 saturated heterocycles. The van der Waals surface area contributed by atoms with Crippen molar-refractivity contribution in [3.8, 4) is 0 Å². The third-order valence-electron chi connectivity index (χ3n) is 4.16. The number of nitrogens with two attached hydrogens (primary N) is 1. The highest BCUT2D eigenvalue weighted by Crippen LogP contribution is 2.49. The van der Waals surface area contributed by atoms with Crippen molar-refractivity contribution < 1.29 is 0 Å². The predicted octanol–water partition coefficient (Wildman–Crippen LogP) is 3.39. The van der Waals surface area contributed by atoms with Gasteiger partial charge in [-0.15, -0.1) is 11.3 Å². The Morgan fingerprint density at radius 1 is 1.56 bits per heavy atom. The highest BCUT2D eigenvalue weighted by Gasteiger charge is 2.40. The van der Waals surface area contributed by atoms with Crippen molar-refractivity contribution in [2.24, 2.45) is 17.2 Å². The molecule has 1 aromatic heterocycles. The molecule has 1 heterocycles. The molecule has 1 aliphatic rings. The van der Waals surface area contributed by atoms with Crippen LogP contribution < -0.4 is 11.3 Å². The van der Waals surface area contributed by atoms with Crippen LogP contribution in [0.1, 0.15) is 49.6 Å². The molecule has 2 rings (SSSR count). The topological polar surface area (TPSA) is 38.0 Å². The third-order valence-corrected chi connectivity index (χ3v) is 5.02. The molecule has 0 amide bonds. The van der Waals surface area contributed by atoms with Gasteiger partial charge in [-0.3, -0.25) is 11.3 Å². The SMILES string of the molecule is Cc1sccc1C(NN)C1CCCC1(C)C. The average Bonchev–Trinajstić information content (AvgIpc) is 2.77. The van der Waals surface area contributed by atoms with E-state index in [-0.39, 0.29) is 0 Å². The fourth-order valence-electron chi connectivity index (χ4n) is 3.11. The van der Waals surface area contributed by atoms with Crippen LogP contribution in [-0.2, 0) is 0 Å². The Morgan fingerprint density at radius 3 is 2.75 bits per heavy atom. The average molecular weight is 238 g/mol. The summed E-state index contributed by atoms with van der Waals surface area (Å²) in [4.78, 5) is 1.39. The van der Waals surface area contributed by atoms with Crippen LogP contribution in [0, 0.1) is 18.3 Å². The van der Waals surface area contributed by atoms with Crippen LogP contribution >= 0.6 is 11.3 Å². The van der Waals surface area contributed by atoms with E-state index in [1.165, 1.54) is 29.7 Å². The lowest BCUT2D eigenvalue weighted by molar-refractivity contribution is 0.198. The standard InChI is InChI=1S/C13H22N2S/c1-9-10(6-8-16-9)12(15-14)11-5-4-7-13(11,2)3/h6,8,11-12,15H,4-5,7,14H2,1-3H3. The highest BCUT2D eigenvalue weighted by molar-refractivity contribution is 7.10. The van der Waals surface area contributed by atoms with Crippen LogP contribution in [0.25, 0.3) is 0 Å². The minimum Gasteiger partial charge on any atom is -0.271 e. The van der Waals surface area contributed by atoms with Crippen LogP contribution in [0.15, 0.2) is 11.4 Å². The van der Waals surface area contributed by atoms with E-state index in [0.717, 1.165) is 0 Å². The summed E-state index contributed by atoms with van der Waals surface area (Å²) in [5.74, 6) is 6.45. The predicted molar refractivity (Wildman–Crippen MR) is 70.2 cm³/mol. The van der Waals surface area contributed by atoms with E-state index in [2.05, 4.69) is 37.6 Å². The molecule has 1 fully saturated rings. The molecular weight excluding hydrogens is 216 g/mol. The van der Waals surface area contributed by atoms with Gasteiger partial charge in [-0.25, -0.2) is 0 Å². The van der Waals surface area contributed by atoms with Crippen molar-refractivity contribution in [2.75, 3.05) is 0 Å². The molecular formula is C13H22N2S. The Morgan fingerprint density at radius 2 is 2.31 bits per heavy atom. The first kappa shape index (κ1) is 12.1. The molecule has 1 saturated carbocycles. The number of hydrazine groups is 1. The quantitative estimate of drug-likeness (QED) is 0.626. The lowest BCUT2D eigenvalue weighted by atomic mass is 9.76. The first-order valence-corrected chi connectivity index (χ1v) is 6.94. The molecule has 0 aliphatic heterocycles. The molecule has 2 atom stereocenters. The molecule has 2 nitrogen and oxygen atoms in total. The Balaban J connectivity index is 2.27. The number of aryl methyl sites for hydroxylation is 1. The number of hydrogen-bond donors (Lipinski definition) is 2. The summed E-state index contributed by atoms with van der Waals surface area (Å²) in [6, 6.07) is 2.54. The molecule has 2 unspecified atom stereocenters. The second kappa shape index (κ2) is 4.47. The molecule has 0 radical (unpaired) electrons. The van der Waals surface area contributed by atoms with E-state index < -0.39 is 0 Å². The summed E-state index contributed by atoms with van der Waals surface area (Å²) in [5.41, 5.74) is 4.85. The van der Waals surface area contributed by atoms with Crippen molar-refractivity contribution >= 4 is 11.3 Å². The molecule has 3 heteroatoms. The maximum Gasteiger partial charge on any atom is 0.0504 e. The van der Waals surface area contributed by atoms with Gasteiger partial charge >= 0.3 is 0 Å². The second-order valence-electron chi connectivity index (χ2n) is 5.56. The first-order valence-electron chi connectivity index (χ1n) is 6.06. The zero-order chi connectivity index (χ0) is 11.8. The van der Waals surface area contributed by atoms with E-state index in [9.17, 15) is 0 Å². The van der Waals surface area contributed by atoms with Crippen molar-refractivity contribution in [2.45, 2.75) is 46.1 Å². The number of thiophene rings is 1. The molecule has 1 aliphatic carbocycles. The minimum atomic E-state index is 0.323. The van der Waals surface area contributed by atoms with Gasteiger partial charge in [0.15, 0.2) is 0 Å². The van der Waals surface area contributed by atoms with Crippen LogP contribution in [0.4, 0.5) is 0 Å². The largest absolute Gasteiger partial charge is 0.271 e. The first-order chi connectivity index (χ1) is 7.56. The summed E-state index contributed by atoms with van der Waals surface area (Å²) in [5, 5.41) is 2.16. The zero-order valence-electron chi connectivity index (χ0n) is 10.4. The van der Waals surface area contributed by atoms with Gasteiger partial charge in [-0.1, -0.05) is 20.3 Å². The van der Waals surface area contributed by atoms with Crippen LogP contribution in [0.2, 0.25) is 0 Å². The summed E-state index contributed by atoms with van der Waals surface area (Å²) in [6.45, 7) is 6.93. The third kappa shape index (κ3) is 2.04. The normalized spacial score (nSPS) is 25.9. The smallest absolute Gasteiger partial charge is 0.0504 e.